The van der Waals surface area contributed by atoms with Crippen LogP contribution in [0.25, 0.3) is 11.0 Å². The van der Waals surface area contributed by atoms with Gasteiger partial charge in [-0.3, -0.25) is 14.5 Å². The van der Waals surface area contributed by atoms with Crippen molar-refractivity contribution in [3.05, 3.63) is 104 Å². The molecule has 1 amide bonds. The Kier molecular flexibility index (Phi) is 6.00. The number of fused-ring (bicyclic) bond motifs is 2. The molecule has 5 nitrogen and oxygen atoms in total. The van der Waals surface area contributed by atoms with Crippen molar-refractivity contribution in [2.24, 2.45) is 5.92 Å². The van der Waals surface area contributed by atoms with Gasteiger partial charge in [0, 0.05) is 10.2 Å². The molecule has 172 valence electrons. The maximum atomic E-state index is 13.6. The highest BCUT2D eigenvalue weighted by Gasteiger charge is 2.43. The van der Waals surface area contributed by atoms with E-state index in [1.165, 1.54) is 0 Å². The van der Waals surface area contributed by atoms with E-state index in [0.717, 1.165) is 16.5 Å². The van der Waals surface area contributed by atoms with Crippen LogP contribution in [-0.2, 0) is 0 Å². The van der Waals surface area contributed by atoms with Crippen molar-refractivity contribution in [1.29, 1.82) is 0 Å². The van der Waals surface area contributed by atoms with Crippen LogP contribution in [0.15, 0.2) is 86.5 Å². The summed E-state index contributed by atoms with van der Waals surface area (Å²) in [6.45, 7) is 4.91. The number of amides is 1. The zero-order chi connectivity index (χ0) is 23.8. The number of anilines is 1. The highest BCUT2D eigenvalue weighted by molar-refractivity contribution is 9.10. The standard InChI is InChI=1S/C28H24BrNO4/c1-17(2)14-15-33-21-7-5-6-18(16-21)25-24-26(31)22-8-3-4-9-23(22)34-27(24)28(32)30(25)20-12-10-19(29)11-13-20/h3-13,16-17,25H,14-15H2,1-2H3. The first-order chi connectivity index (χ1) is 16.4. The molecular weight excluding hydrogens is 494 g/mol. The van der Waals surface area contributed by atoms with Crippen LogP contribution in [0.4, 0.5) is 5.69 Å². The molecule has 0 radical (unpaired) electrons. The predicted molar refractivity (Wildman–Crippen MR) is 137 cm³/mol. The third-order valence-electron chi connectivity index (χ3n) is 6.02. The van der Waals surface area contributed by atoms with Gasteiger partial charge in [0.2, 0.25) is 5.76 Å². The van der Waals surface area contributed by atoms with Crippen molar-refractivity contribution >= 4 is 38.5 Å². The third kappa shape index (κ3) is 4.03. The Bertz CT molecular complexity index is 1420. The fraction of sp³-hybridized carbons (Fsp3) is 0.214. The number of carbonyl (C=O) groups excluding carboxylic acids is 1. The Morgan fingerprint density at radius 3 is 2.53 bits per heavy atom. The number of hydrogen-bond donors (Lipinski definition) is 0. The molecule has 3 aromatic carbocycles. The molecule has 1 aliphatic rings. The second-order valence-corrected chi connectivity index (χ2v) is 9.74. The molecule has 2 heterocycles. The number of nitrogens with zero attached hydrogens (tertiary/aromatic N) is 1. The van der Waals surface area contributed by atoms with E-state index in [1.807, 2.05) is 48.5 Å². The monoisotopic (exact) mass is 517 g/mol. The quantitative estimate of drug-likeness (QED) is 0.284. The van der Waals surface area contributed by atoms with Gasteiger partial charge in [0.15, 0.2) is 5.43 Å². The Hall–Kier alpha value is -3.38. The van der Waals surface area contributed by atoms with Gasteiger partial charge < -0.3 is 9.15 Å². The van der Waals surface area contributed by atoms with E-state index in [0.29, 0.717) is 40.5 Å². The zero-order valence-corrected chi connectivity index (χ0v) is 20.5. The number of hydrogen-bond acceptors (Lipinski definition) is 4. The Balaban J connectivity index is 1.67. The first kappa shape index (κ1) is 22.4. The second-order valence-electron chi connectivity index (χ2n) is 8.83. The molecule has 0 N–H and O–H groups in total. The third-order valence-corrected chi connectivity index (χ3v) is 6.55. The summed E-state index contributed by atoms with van der Waals surface area (Å²) < 4.78 is 12.9. The van der Waals surface area contributed by atoms with Gasteiger partial charge >= 0.3 is 0 Å². The molecule has 0 saturated carbocycles. The van der Waals surface area contributed by atoms with Crippen LogP contribution in [-0.4, -0.2) is 12.5 Å². The van der Waals surface area contributed by atoms with Crippen molar-refractivity contribution in [2.45, 2.75) is 26.3 Å². The molecule has 1 aliphatic heterocycles. The van der Waals surface area contributed by atoms with Gasteiger partial charge in [-0.25, -0.2) is 0 Å². The van der Waals surface area contributed by atoms with Gasteiger partial charge in [-0.05, 0) is 66.4 Å². The van der Waals surface area contributed by atoms with Crippen LogP contribution >= 0.6 is 15.9 Å². The Morgan fingerprint density at radius 1 is 1.00 bits per heavy atom. The fourth-order valence-electron chi connectivity index (χ4n) is 4.29. The van der Waals surface area contributed by atoms with E-state index in [2.05, 4.69) is 29.8 Å². The molecule has 0 aliphatic carbocycles. The minimum atomic E-state index is -0.627. The van der Waals surface area contributed by atoms with Gasteiger partial charge in [-0.1, -0.05) is 54.0 Å². The highest BCUT2D eigenvalue weighted by atomic mass is 79.9. The van der Waals surface area contributed by atoms with Crippen LogP contribution in [0.5, 0.6) is 5.75 Å². The highest BCUT2D eigenvalue weighted by Crippen LogP contribution is 2.42. The number of benzene rings is 3. The van der Waals surface area contributed by atoms with Crippen molar-refractivity contribution in [3.8, 4) is 5.75 Å². The normalized spacial score (nSPS) is 15.2. The van der Waals surface area contributed by atoms with Crippen LogP contribution in [0.1, 0.15) is 48.0 Å². The summed E-state index contributed by atoms with van der Waals surface area (Å²) in [7, 11) is 0. The molecule has 0 fully saturated rings. The topological polar surface area (TPSA) is 59.8 Å². The van der Waals surface area contributed by atoms with Crippen LogP contribution in [0.2, 0.25) is 0 Å². The maximum absolute atomic E-state index is 13.6. The lowest BCUT2D eigenvalue weighted by atomic mass is 9.98. The number of ether oxygens (including phenoxy) is 1. The molecule has 0 saturated heterocycles. The largest absolute Gasteiger partial charge is 0.494 e. The van der Waals surface area contributed by atoms with Gasteiger partial charge in [-0.2, -0.15) is 0 Å². The Labute approximate surface area is 206 Å². The Morgan fingerprint density at radius 2 is 1.76 bits per heavy atom. The van der Waals surface area contributed by atoms with Gasteiger partial charge in [0.05, 0.1) is 23.6 Å². The lowest BCUT2D eigenvalue weighted by molar-refractivity contribution is 0.0971. The summed E-state index contributed by atoms with van der Waals surface area (Å²) in [5.74, 6) is 0.993. The molecule has 1 atom stereocenters. The first-order valence-corrected chi connectivity index (χ1v) is 12.1. The predicted octanol–water partition coefficient (Wildman–Crippen LogP) is 6.73. The minimum absolute atomic E-state index is 0.0859. The molecule has 0 spiro atoms. The molecule has 4 aromatic rings. The second kappa shape index (κ2) is 9.11. The van der Waals surface area contributed by atoms with Crippen molar-refractivity contribution in [1.82, 2.24) is 0 Å². The average Bonchev–Trinajstić information content (AvgIpc) is 3.12. The van der Waals surface area contributed by atoms with E-state index in [9.17, 15) is 9.59 Å². The van der Waals surface area contributed by atoms with Crippen LogP contribution < -0.4 is 15.1 Å². The number of halogens is 1. The summed E-state index contributed by atoms with van der Waals surface area (Å²) in [5, 5.41) is 0.459. The van der Waals surface area contributed by atoms with Crippen molar-refractivity contribution in [3.63, 3.8) is 0 Å². The van der Waals surface area contributed by atoms with Crippen LogP contribution in [0.3, 0.4) is 0 Å². The van der Waals surface area contributed by atoms with E-state index in [4.69, 9.17) is 9.15 Å². The van der Waals surface area contributed by atoms with Crippen LogP contribution in [0, 0.1) is 5.92 Å². The molecule has 1 unspecified atom stereocenters. The fourth-order valence-corrected chi connectivity index (χ4v) is 4.55. The lowest BCUT2D eigenvalue weighted by Crippen LogP contribution is -2.29. The van der Waals surface area contributed by atoms with E-state index in [-0.39, 0.29) is 17.1 Å². The van der Waals surface area contributed by atoms with Gasteiger partial charge in [0.25, 0.3) is 5.91 Å². The molecule has 6 heteroatoms. The summed E-state index contributed by atoms with van der Waals surface area (Å²) in [6.07, 6.45) is 0.940. The van der Waals surface area contributed by atoms with E-state index in [1.54, 1.807) is 29.2 Å². The molecule has 34 heavy (non-hydrogen) atoms. The van der Waals surface area contributed by atoms with Gasteiger partial charge in [-0.15, -0.1) is 0 Å². The summed E-state index contributed by atoms with van der Waals surface area (Å²) in [5.41, 5.74) is 2.03. The van der Waals surface area contributed by atoms with Gasteiger partial charge in [0.1, 0.15) is 11.3 Å². The lowest BCUT2D eigenvalue weighted by Gasteiger charge is -2.25. The molecule has 5 rings (SSSR count). The number of rotatable bonds is 6. The molecule has 0 bridgehead atoms. The average molecular weight is 518 g/mol. The summed E-state index contributed by atoms with van der Waals surface area (Å²) in [6, 6.07) is 21.5. The number of para-hydroxylation sites is 1. The number of carbonyl (C=O) groups is 1. The summed E-state index contributed by atoms with van der Waals surface area (Å²) in [4.78, 5) is 28.9. The van der Waals surface area contributed by atoms with Crippen molar-refractivity contribution in [2.75, 3.05) is 11.5 Å². The van der Waals surface area contributed by atoms with Crippen molar-refractivity contribution < 1.29 is 13.9 Å². The van der Waals surface area contributed by atoms with E-state index >= 15 is 0 Å². The van der Waals surface area contributed by atoms with E-state index < -0.39 is 6.04 Å². The first-order valence-electron chi connectivity index (χ1n) is 11.3. The molecule has 1 aromatic heterocycles. The molecular formula is C28H24BrNO4. The smallest absolute Gasteiger partial charge is 0.295 e. The SMILES string of the molecule is CC(C)CCOc1cccc(C2c3c(oc4ccccc4c3=O)C(=O)N2c2ccc(Br)cc2)c1. The zero-order valence-electron chi connectivity index (χ0n) is 19.0. The summed E-state index contributed by atoms with van der Waals surface area (Å²) >= 11 is 3.45. The minimum Gasteiger partial charge on any atom is -0.494 e. The maximum Gasteiger partial charge on any atom is 0.295 e.